The maximum Gasteiger partial charge on any atom is 0.272 e. The minimum atomic E-state index is -2.45. The van der Waals surface area contributed by atoms with Crippen molar-refractivity contribution in [3.63, 3.8) is 0 Å². The first-order valence-electron chi connectivity index (χ1n) is 3.21. The number of alkyl halides is 2. The summed E-state index contributed by atoms with van der Waals surface area (Å²) in [5, 5.41) is 0. The van der Waals surface area contributed by atoms with Crippen LogP contribution in [-0.2, 0) is 0 Å². The largest absolute Gasteiger partial charge is 0.472 e. The van der Waals surface area contributed by atoms with Crippen molar-refractivity contribution < 1.29 is 13.5 Å². The van der Waals surface area contributed by atoms with E-state index in [0.29, 0.717) is 0 Å². The van der Waals surface area contributed by atoms with Gasteiger partial charge in [0, 0.05) is 15.8 Å². The number of rotatable bonds is 3. The van der Waals surface area contributed by atoms with Crippen molar-refractivity contribution in [1.82, 2.24) is 4.98 Å². The Morgan fingerprint density at radius 3 is 2.92 bits per heavy atom. The molecule has 0 aliphatic heterocycles. The van der Waals surface area contributed by atoms with Gasteiger partial charge in [0.2, 0.25) is 5.88 Å². The Kier molecular flexibility index (Phi) is 3.64. The molecule has 1 aromatic rings. The van der Waals surface area contributed by atoms with E-state index >= 15 is 0 Å². The second kappa shape index (κ2) is 4.54. The van der Waals surface area contributed by atoms with Crippen molar-refractivity contribution in [1.29, 1.82) is 0 Å². The van der Waals surface area contributed by atoms with Crippen LogP contribution in [0.25, 0.3) is 0 Å². The molecule has 1 heterocycles. The molecule has 1 rings (SSSR count). The first kappa shape index (κ1) is 9.63. The van der Waals surface area contributed by atoms with Crippen LogP contribution in [0.5, 0.6) is 5.88 Å². The molecule has 0 saturated carbocycles. The van der Waals surface area contributed by atoms with Gasteiger partial charge in [-0.15, -0.1) is 0 Å². The minimum absolute atomic E-state index is 0.238. The highest BCUT2D eigenvalue weighted by Gasteiger charge is 2.03. The number of ether oxygens (including phenoxy) is 1. The number of halogens is 3. The minimum Gasteiger partial charge on any atom is -0.472 e. The van der Waals surface area contributed by atoms with Gasteiger partial charge in [0.05, 0.1) is 0 Å². The maximum atomic E-state index is 11.7. The van der Waals surface area contributed by atoms with Crippen LogP contribution in [0.1, 0.15) is 0 Å². The molecule has 0 amide bonds. The van der Waals surface area contributed by atoms with E-state index in [4.69, 9.17) is 0 Å². The van der Waals surface area contributed by atoms with Gasteiger partial charge >= 0.3 is 0 Å². The molecule has 0 radical (unpaired) electrons. The van der Waals surface area contributed by atoms with Gasteiger partial charge in [-0.25, -0.2) is 13.8 Å². The van der Waals surface area contributed by atoms with Gasteiger partial charge in [-0.1, -0.05) is 0 Å². The topological polar surface area (TPSA) is 22.1 Å². The van der Waals surface area contributed by atoms with Gasteiger partial charge < -0.3 is 4.74 Å². The monoisotopic (exact) mass is 285 g/mol. The summed E-state index contributed by atoms with van der Waals surface area (Å²) in [4.78, 5) is 3.75. The Balaban J connectivity index is 2.52. The van der Waals surface area contributed by atoms with Crippen molar-refractivity contribution in [3.8, 4) is 5.88 Å². The van der Waals surface area contributed by atoms with Crippen molar-refractivity contribution >= 4 is 22.6 Å². The van der Waals surface area contributed by atoms with Crippen molar-refractivity contribution in [2.45, 2.75) is 6.43 Å². The molecule has 5 heteroatoms. The predicted molar refractivity (Wildman–Crippen MR) is 48.5 cm³/mol. The van der Waals surface area contributed by atoms with Crippen LogP contribution in [0.3, 0.4) is 0 Å². The summed E-state index contributed by atoms with van der Waals surface area (Å²) >= 11 is 2.05. The van der Waals surface area contributed by atoms with Gasteiger partial charge in [-0.3, -0.25) is 0 Å². The van der Waals surface area contributed by atoms with Crippen LogP contribution >= 0.6 is 22.6 Å². The molecule has 0 saturated heterocycles. The number of hydrogen-bond acceptors (Lipinski definition) is 2. The van der Waals surface area contributed by atoms with Crippen LogP contribution in [-0.4, -0.2) is 18.0 Å². The quantitative estimate of drug-likeness (QED) is 0.795. The van der Waals surface area contributed by atoms with Crippen molar-refractivity contribution in [2.24, 2.45) is 0 Å². The third kappa shape index (κ3) is 3.29. The van der Waals surface area contributed by atoms with E-state index in [9.17, 15) is 8.78 Å². The Labute approximate surface area is 82.1 Å². The number of pyridine rings is 1. The highest BCUT2D eigenvalue weighted by atomic mass is 127. The lowest BCUT2D eigenvalue weighted by atomic mass is 10.5. The highest BCUT2D eigenvalue weighted by Crippen LogP contribution is 2.11. The summed E-state index contributed by atoms with van der Waals surface area (Å²) in [6.45, 7) is -0.604. The number of aromatic nitrogens is 1. The van der Waals surface area contributed by atoms with Crippen molar-refractivity contribution in [2.75, 3.05) is 6.61 Å². The standard InChI is InChI=1S/C7H6F2INO/c8-6(9)4-12-7-3-5(10)1-2-11-7/h1-3,6H,4H2. The molecule has 12 heavy (non-hydrogen) atoms. The molecule has 0 bridgehead atoms. The Morgan fingerprint density at radius 2 is 2.33 bits per heavy atom. The fourth-order valence-corrected chi connectivity index (χ4v) is 1.04. The first-order valence-corrected chi connectivity index (χ1v) is 4.29. The summed E-state index contributed by atoms with van der Waals surface area (Å²) in [7, 11) is 0. The Bertz CT molecular complexity index is 257. The molecular weight excluding hydrogens is 279 g/mol. The van der Waals surface area contributed by atoms with E-state index in [2.05, 4.69) is 32.3 Å². The molecule has 66 valence electrons. The molecule has 0 aromatic carbocycles. The lowest BCUT2D eigenvalue weighted by Gasteiger charge is -2.03. The summed E-state index contributed by atoms with van der Waals surface area (Å²) in [6, 6.07) is 3.36. The predicted octanol–water partition coefficient (Wildman–Crippen LogP) is 2.33. The fraction of sp³-hybridized carbons (Fsp3) is 0.286. The van der Waals surface area contributed by atoms with Gasteiger partial charge in [0.1, 0.15) is 0 Å². The van der Waals surface area contributed by atoms with Gasteiger partial charge in [0.25, 0.3) is 6.43 Å². The summed E-state index contributed by atoms with van der Waals surface area (Å²) in [6.07, 6.45) is -0.938. The Morgan fingerprint density at radius 1 is 1.58 bits per heavy atom. The van der Waals surface area contributed by atoms with Crippen molar-refractivity contribution in [3.05, 3.63) is 21.9 Å². The Hall–Kier alpha value is -0.460. The fourth-order valence-electron chi connectivity index (χ4n) is 0.613. The summed E-state index contributed by atoms with van der Waals surface area (Å²) in [5.41, 5.74) is 0. The first-order chi connectivity index (χ1) is 5.68. The van der Waals surface area contributed by atoms with Crippen LogP contribution in [0.2, 0.25) is 0 Å². The average molecular weight is 285 g/mol. The van der Waals surface area contributed by atoms with E-state index < -0.39 is 13.0 Å². The third-order valence-electron chi connectivity index (χ3n) is 1.05. The lowest BCUT2D eigenvalue weighted by molar-refractivity contribution is 0.0795. The molecule has 0 unspecified atom stereocenters. The smallest absolute Gasteiger partial charge is 0.272 e. The second-order valence-corrected chi connectivity index (χ2v) is 3.26. The van der Waals surface area contributed by atoms with E-state index in [-0.39, 0.29) is 5.88 Å². The average Bonchev–Trinajstić information content (AvgIpc) is 2.01. The molecular formula is C7H6F2INO. The SMILES string of the molecule is FC(F)COc1cc(I)ccn1. The number of nitrogens with zero attached hydrogens (tertiary/aromatic N) is 1. The van der Waals surface area contributed by atoms with Gasteiger partial charge in [-0.2, -0.15) is 0 Å². The third-order valence-corrected chi connectivity index (χ3v) is 1.73. The van der Waals surface area contributed by atoms with Gasteiger partial charge in [-0.05, 0) is 28.7 Å². The number of hydrogen-bond donors (Lipinski definition) is 0. The van der Waals surface area contributed by atoms with Gasteiger partial charge in [0.15, 0.2) is 6.61 Å². The molecule has 0 atom stereocenters. The zero-order valence-corrected chi connectivity index (χ0v) is 8.16. The van der Waals surface area contributed by atoms with Crippen LogP contribution in [0.4, 0.5) is 8.78 Å². The zero-order valence-electron chi connectivity index (χ0n) is 6.01. The molecule has 2 nitrogen and oxygen atoms in total. The molecule has 0 fully saturated rings. The van der Waals surface area contributed by atoms with E-state index in [0.717, 1.165) is 3.57 Å². The molecule has 1 aromatic heterocycles. The van der Waals surface area contributed by atoms with Crippen LogP contribution in [0.15, 0.2) is 18.3 Å². The zero-order chi connectivity index (χ0) is 8.97. The molecule has 0 N–H and O–H groups in total. The molecule has 0 spiro atoms. The highest BCUT2D eigenvalue weighted by molar-refractivity contribution is 14.1. The summed E-state index contributed by atoms with van der Waals surface area (Å²) < 4.78 is 28.9. The van der Waals surface area contributed by atoms with E-state index in [1.165, 1.54) is 6.20 Å². The molecule has 0 aliphatic carbocycles. The van der Waals surface area contributed by atoms with Crippen LogP contribution < -0.4 is 4.74 Å². The van der Waals surface area contributed by atoms with Crippen LogP contribution in [0, 0.1) is 3.57 Å². The maximum absolute atomic E-state index is 11.7. The second-order valence-electron chi connectivity index (χ2n) is 2.01. The lowest BCUT2D eigenvalue weighted by Crippen LogP contribution is -2.07. The normalized spacial score (nSPS) is 10.3. The summed E-state index contributed by atoms with van der Waals surface area (Å²) in [5.74, 6) is 0.238. The molecule has 0 aliphatic rings. The van der Waals surface area contributed by atoms with E-state index in [1.54, 1.807) is 12.1 Å². The van der Waals surface area contributed by atoms with E-state index in [1.807, 2.05) is 0 Å².